The molecule has 90 valence electrons. The Balaban J connectivity index is 2.74. The van der Waals surface area contributed by atoms with Gasteiger partial charge in [0, 0.05) is 12.6 Å². The lowest BCUT2D eigenvalue weighted by atomic mass is 10.1. The van der Waals surface area contributed by atoms with E-state index in [9.17, 15) is 8.78 Å². The van der Waals surface area contributed by atoms with Gasteiger partial charge in [-0.15, -0.1) is 0 Å². The van der Waals surface area contributed by atoms with Crippen molar-refractivity contribution in [1.29, 1.82) is 0 Å². The zero-order valence-corrected chi connectivity index (χ0v) is 9.90. The quantitative estimate of drug-likeness (QED) is 0.862. The summed E-state index contributed by atoms with van der Waals surface area (Å²) in [5, 5.41) is 3.47. The molecule has 3 N–H and O–H groups in total. The van der Waals surface area contributed by atoms with Crippen LogP contribution in [0.1, 0.15) is 11.6 Å². The highest BCUT2D eigenvalue weighted by Crippen LogP contribution is 2.25. The molecule has 0 aliphatic rings. The van der Waals surface area contributed by atoms with E-state index in [1.807, 2.05) is 0 Å². The van der Waals surface area contributed by atoms with E-state index in [1.54, 1.807) is 18.2 Å². The van der Waals surface area contributed by atoms with Crippen molar-refractivity contribution in [3.05, 3.63) is 33.8 Å². The number of hydrogen-bond acceptors (Lipinski definition) is 2. The first-order valence-corrected chi connectivity index (χ1v) is 5.46. The summed E-state index contributed by atoms with van der Waals surface area (Å²) >= 11 is 11.6. The molecular weight excluding hydrogens is 257 g/mol. The van der Waals surface area contributed by atoms with E-state index in [4.69, 9.17) is 28.9 Å². The van der Waals surface area contributed by atoms with Crippen molar-refractivity contribution in [3.63, 3.8) is 0 Å². The fourth-order valence-corrected chi connectivity index (χ4v) is 1.60. The van der Waals surface area contributed by atoms with Gasteiger partial charge in [0.1, 0.15) is 0 Å². The normalized spacial score (nSPS) is 13.1. The fraction of sp³-hybridized carbons (Fsp3) is 0.400. The highest BCUT2D eigenvalue weighted by atomic mass is 35.5. The third-order valence-corrected chi connectivity index (χ3v) is 2.84. The summed E-state index contributed by atoms with van der Waals surface area (Å²) in [4.78, 5) is 0. The van der Waals surface area contributed by atoms with Crippen LogP contribution in [0.4, 0.5) is 8.78 Å². The number of halogens is 4. The average Bonchev–Trinajstić information content (AvgIpc) is 2.23. The van der Waals surface area contributed by atoms with Gasteiger partial charge in [0.25, 0.3) is 6.43 Å². The Kier molecular flexibility index (Phi) is 5.41. The maximum atomic E-state index is 12.0. The standard InChI is InChI=1S/C10H12Cl2F2N2/c11-7-2-1-6(3-8(7)12)9(4-15)16-5-10(13)14/h1-3,9-10,16H,4-5,15H2. The number of hydrogen-bond donors (Lipinski definition) is 2. The minimum Gasteiger partial charge on any atom is -0.329 e. The van der Waals surface area contributed by atoms with E-state index < -0.39 is 13.0 Å². The van der Waals surface area contributed by atoms with E-state index in [2.05, 4.69) is 5.32 Å². The molecule has 6 heteroatoms. The molecule has 0 radical (unpaired) electrons. The van der Waals surface area contributed by atoms with E-state index in [0.29, 0.717) is 10.0 Å². The van der Waals surface area contributed by atoms with Gasteiger partial charge in [0.15, 0.2) is 0 Å². The van der Waals surface area contributed by atoms with E-state index in [1.165, 1.54) is 0 Å². The molecule has 0 saturated heterocycles. The lowest BCUT2D eigenvalue weighted by Crippen LogP contribution is -2.31. The predicted molar refractivity (Wildman–Crippen MR) is 62.3 cm³/mol. The van der Waals surface area contributed by atoms with Gasteiger partial charge in [-0.1, -0.05) is 29.3 Å². The van der Waals surface area contributed by atoms with Crippen LogP contribution in [0.2, 0.25) is 10.0 Å². The summed E-state index contributed by atoms with van der Waals surface area (Å²) in [6, 6.07) is 4.61. The number of nitrogens with two attached hydrogens (primary N) is 1. The van der Waals surface area contributed by atoms with Gasteiger partial charge >= 0.3 is 0 Å². The van der Waals surface area contributed by atoms with Crippen molar-refractivity contribution in [2.24, 2.45) is 5.73 Å². The van der Waals surface area contributed by atoms with Crippen LogP contribution in [0.15, 0.2) is 18.2 Å². The van der Waals surface area contributed by atoms with Crippen LogP contribution in [0.5, 0.6) is 0 Å². The molecule has 0 bridgehead atoms. The second kappa shape index (κ2) is 6.35. The van der Waals surface area contributed by atoms with Crippen LogP contribution >= 0.6 is 23.2 Å². The van der Waals surface area contributed by atoms with Gasteiger partial charge in [-0.05, 0) is 17.7 Å². The lowest BCUT2D eigenvalue weighted by molar-refractivity contribution is 0.141. The summed E-state index contributed by atoms with van der Waals surface area (Å²) in [6.07, 6.45) is -2.41. The van der Waals surface area contributed by atoms with Crippen molar-refractivity contribution in [2.75, 3.05) is 13.1 Å². The minimum atomic E-state index is -2.41. The zero-order valence-electron chi connectivity index (χ0n) is 8.39. The summed E-state index contributed by atoms with van der Waals surface area (Å²) in [7, 11) is 0. The van der Waals surface area contributed by atoms with E-state index in [-0.39, 0.29) is 12.6 Å². The summed E-state index contributed by atoms with van der Waals surface area (Å²) in [6.45, 7) is -0.188. The Labute approximate surface area is 103 Å². The van der Waals surface area contributed by atoms with Crippen molar-refractivity contribution in [2.45, 2.75) is 12.5 Å². The zero-order chi connectivity index (χ0) is 12.1. The highest BCUT2D eigenvalue weighted by molar-refractivity contribution is 6.42. The molecule has 1 atom stereocenters. The maximum absolute atomic E-state index is 12.0. The molecule has 0 fully saturated rings. The molecule has 1 rings (SSSR count). The first kappa shape index (κ1) is 13.6. The molecule has 1 aromatic rings. The number of benzene rings is 1. The van der Waals surface area contributed by atoms with Crippen LogP contribution in [-0.2, 0) is 0 Å². The molecular formula is C10H12Cl2F2N2. The minimum absolute atomic E-state index is 0.213. The molecule has 16 heavy (non-hydrogen) atoms. The second-order valence-electron chi connectivity index (χ2n) is 3.26. The molecule has 1 unspecified atom stereocenters. The fourth-order valence-electron chi connectivity index (χ4n) is 1.30. The highest BCUT2D eigenvalue weighted by Gasteiger charge is 2.12. The van der Waals surface area contributed by atoms with Crippen molar-refractivity contribution in [3.8, 4) is 0 Å². The number of nitrogens with one attached hydrogen (secondary N) is 1. The van der Waals surface area contributed by atoms with Crippen LogP contribution in [-0.4, -0.2) is 19.5 Å². The van der Waals surface area contributed by atoms with Crippen molar-refractivity contribution >= 4 is 23.2 Å². The lowest BCUT2D eigenvalue weighted by Gasteiger charge is -2.17. The number of rotatable bonds is 5. The smallest absolute Gasteiger partial charge is 0.250 e. The van der Waals surface area contributed by atoms with Gasteiger partial charge in [0.05, 0.1) is 16.6 Å². The summed E-state index contributed by atoms with van der Waals surface area (Å²) in [5.41, 5.74) is 6.24. The maximum Gasteiger partial charge on any atom is 0.250 e. The molecule has 0 aliphatic heterocycles. The Hall–Kier alpha value is -0.420. The average molecular weight is 269 g/mol. The molecule has 1 aromatic carbocycles. The Morgan fingerprint density at radius 1 is 1.25 bits per heavy atom. The van der Waals surface area contributed by atoms with Gasteiger partial charge < -0.3 is 11.1 Å². The van der Waals surface area contributed by atoms with Crippen molar-refractivity contribution < 1.29 is 8.78 Å². The topological polar surface area (TPSA) is 38.0 Å². The molecule has 0 amide bonds. The van der Waals surface area contributed by atoms with E-state index >= 15 is 0 Å². The Bertz CT molecular complexity index is 348. The summed E-state index contributed by atoms with van der Waals surface area (Å²) in [5.74, 6) is 0. The Morgan fingerprint density at radius 2 is 1.94 bits per heavy atom. The predicted octanol–water partition coefficient (Wildman–Crippen LogP) is 2.85. The molecule has 0 spiro atoms. The van der Waals surface area contributed by atoms with Crippen LogP contribution in [0.3, 0.4) is 0 Å². The Morgan fingerprint density at radius 3 is 2.44 bits per heavy atom. The van der Waals surface area contributed by atoms with Gasteiger partial charge in [-0.25, -0.2) is 8.78 Å². The molecule has 2 nitrogen and oxygen atoms in total. The van der Waals surface area contributed by atoms with Crippen LogP contribution in [0, 0.1) is 0 Å². The molecule has 0 saturated carbocycles. The first-order chi connectivity index (χ1) is 7.54. The molecule has 0 heterocycles. The largest absolute Gasteiger partial charge is 0.329 e. The third-order valence-electron chi connectivity index (χ3n) is 2.10. The second-order valence-corrected chi connectivity index (χ2v) is 4.08. The summed E-state index contributed by atoms with van der Waals surface area (Å²) < 4.78 is 24.1. The molecule has 0 aliphatic carbocycles. The monoisotopic (exact) mass is 268 g/mol. The third kappa shape index (κ3) is 3.87. The van der Waals surface area contributed by atoms with Gasteiger partial charge in [-0.3, -0.25) is 0 Å². The molecule has 0 aromatic heterocycles. The SMILES string of the molecule is NCC(NCC(F)F)c1ccc(Cl)c(Cl)c1. The number of alkyl halides is 2. The van der Waals surface area contributed by atoms with Crippen molar-refractivity contribution in [1.82, 2.24) is 5.32 Å². The van der Waals surface area contributed by atoms with Crippen LogP contribution < -0.4 is 11.1 Å². The first-order valence-electron chi connectivity index (χ1n) is 4.71. The van der Waals surface area contributed by atoms with Gasteiger partial charge in [0.2, 0.25) is 0 Å². The van der Waals surface area contributed by atoms with Gasteiger partial charge in [-0.2, -0.15) is 0 Å². The van der Waals surface area contributed by atoms with Crippen LogP contribution in [0.25, 0.3) is 0 Å². The van der Waals surface area contributed by atoms with E-state index in [0.717, 1.165) is 5.56 Å².